The Morgan fingerprint density at radius 1 is 1.32 bits per heavy atom. The lowest BCUT2D eigenvalue weighted by molar-refractivity contribution is 0.109. The maximum absolute atomic E-state index is 13.1. The molecular formula is C13H11ClFN3O. The monoisotopic (exact) mass is 279 g/mol. The molecule has 0 fully saturated rings. The Kier molecular flexibility index (Phi) is 3.31. The van der Waals surface area contributed by atoms with Gasteiger partial charge in [0.25, 0.3) is 0 Å². The number of nitrogens with one attached hydrogen (secondary N) is 1. The molecule has 1 aromatic heterocycles. The number of nitrogens with zero attached hydrogens (tertiary/aromatic N) is 2. The maximum atomic E-state index is 13.1. The molecule has 98 valence electrons. The second kappa shape index (κ2) is 5.11. The normalized spacial score (nSPS) is 14.0. The minimum Gasteiger partial charge on any atom is -0.376 e. The third-order valence-electron chi connectivity index (χ3n) is 2.95. The number of benzene rings is 1. The first kappa shape index (κ1) is 12.3. The summed E-state index contributed by atoms with van der Waals surface area (Å²) in [6, 6.07) is 4.45. The van der Waals surface area contributed by atoms with Crippen molar-refractivity contribution in [3.8, 4) is 0 Å². The highest BCUT2D eigenvalue weighted by Crippen LogP contribution is 2.26. The molecule has 1 aromatic carbocycles. The Balaban J connectivity index is 1.92. The van der Waals surface area contributed by atoms with Crippen LogP contribution < -0.4 is 5.32 Å². The molecule has 4 nitrogen and oxygen atoms in total. The fraction of sp³-hybridized carbons (Fsp3) is 0.231. The number of ether oxygens (including phenoxy) is 1. The smallest absolute Gasteiger partial charge is 0.141 e. The molecule has 0 saturated heterocycles. The van der Waals surface area contributed by atoms with E-state index in [9.17, 15) is 4.39 Å². The molecule has 0 bridgehead atoms. The molecule has 0 spiro atoms. The van der Waals surface area contributed by atoms with Gasteiger partial charge < -0.3 is 10.1 Å². The van der Waals surface area contributed by atoms with Gasteiger partial charge in [0.05, 0.1) is 23.9 Å². The maximum Gasteiger partial charge on any atom is 0.141 e. The topological polar surface area (TPSA) is 47.0 Å². The van der Waals surface area contributed by atoms with Crippen molar-refractivity contribution in [1.29, 1.82) is 0 Å². The molecule has 19 heavy (non-hydrogen) atoms. The van der Waals surface area contributed by atoms with E-state index in [1.54, 1.807) is 6.07 Å². The van der Waals surface area contributed by atoms with Crippen molar-refractivity contribution in [2.45, 2.75) is 13.0 Å². The summed E-state index contributed by atoms with van der Waals surface area (Å²) in [6.45, 7) is 1.15. The van der Waals surface area contributed by atoms with Crippen molar-refractivity contribution in [2.75, 3.05) is 11.9 Å². The average Bonchev–Trinajstić information content (AvgIpc) is 2.43. The van der Waals surface area contributed by atoms with Crippen LogP contribution in [0.15, 0.2) is 24.5 Å². The second-order valence-electron chi connectivity index (χ2n) is 4.20. The van der Waals surface area contributed by atoms with Gasteiger partial charge in [-0.05, 0) is 18.2 Å². The molecule has 1 N–H and O–H groups in total. The van der Waals surface area contributed by atoms with Gasteiger partial charge >= 0.3 is 0 Å². The van der Waals surface area contributed by atoms with Crippen molar-refractivity contribution in [3.05, 3.63) is 46.6 Å². The molecule has 2 heterocycles. The Hall–Kier alpha value is -1.72. The van der Waals surface area contributed by atoms with Crippen LogP contribution in [0.5, 0.6) is 0 Å². The summed E-state index contributed by atoms with van der Waals surface area (Å²) in [7, 11) is 0. The first-order valence-corrected chi connectivity index (χ1v) is 6.24. The molecule has 0 aliphatic carbocycles. The molecule has 3 rings (SSSR count). The standard InChI is InChI=1S/C13H11ClFN3O/c14-10-5-8(1-2-11(10)15)18-13-9-6-19-4-3-12(9)16-7-17-13/h1-2,5,7H,3-4,6H2,(H,16,17,18). The Labute approximate surface area is 114 Å². The molecule has 1 aliphatic rings. The van der Waals surface area contributed by atoms with Gasteiger partial charge in [0.2, 0.25) is 0 Å². The van der Waals surface area contributed by atoms with Gasteiger partial charge in [0.15, 0.2) is 0 Å². The highest BCUT2D eigenvalue weighted by Gasteiger charge is 2.16. The lowest BCUT2D eigenvalue weighted by atomic mass is 10.1. The summed E-state index contributed by atoms with van der Waals surface area (Å²) in [4.78, 5) is 8.44. The van der Waals surface area contributed by atoms with Crippen molar-refractivity contribution < 1.29 is 9.13 Å². The predicted octanol–water partition coefficient (Wildman–Crippen LogP) is 3.09. The summed E-state index contributed by atoms with van der Waals surface area (Å²) < 4.78 is 18.5. The van der Waals surface area contributed by atoms with Crippen molar-refractivity contribution in [2.24, 2.45) is 0 Å². The summed E-state index contributed by atoms with van der Waals surface area (Å²) in [6.07, 6.45) is 2.29. The van der Waals surface area contributed by atoms with E-state index in [0.717, 1.165) is 17.7 Å². The van der Waals surface area contributed by atoms with Gasteiger partial charge in [-0.25, -0.2) is 14.4 Å². The first-order chi connectivity index (χ1) is 9.24. The fourth-order valence-corrected chi connectivity index (χ4v) is 2.16. The number of hydrogen-bond donors (Lipinski definition) is 1. The largest absolute Gasteiger partial charge is 0.376 e. The third kappa shape index (κ3) is 2.52. The number of halogens is 2. The zero-order chi connectivity index (χ0) is 13.2. The Bertz CT molecular complexity index is 621. The van der Waals surface area contributed by atoms with Crippen LogP contribution in [0.25, 0.3) is 0 Å². The highest BCUT2D eigenvalue weighted by atomic mass is 35.5. The van der Waals surface area contributed by atoms with Gasteiger partial charge in [-0.15, -0.1) is 0 Å². The number of fused-ring (bicyclic) bond motifs is 1. The number of aromatic nitrogens is 2. The predicted molar refractivity (Wildman–Crippen MR) is 70.1 cm³/mol. The molecule has 6 heteroatoms. The van der Waals surface area contributed by atoms with Crippen LogP contribution in [0, 0.1) is 5.82 Å². The van der Waals surface area contributed by atoms with E-state index in [0.29, 0.717) is 24.7 Å². The average molecular weight is 280 g/mol. The van der Waals surface area contributed by atoms with Crippen LogP contribution in [0.4, 0.5) is 15.9 Å². The van der Waals surface area contributed by atoms with E-state index >= 15 is 0 Å². The quantitative estimate of drug-likeness (QED) is 0.918. The van der Waals surface area contributed by atoms with Crippen molar-refractivity contribution >= 4 is 23.1 Å². The zero-order valence-corrected chi connectivity index (χ0v) is 10.7. The summed E-state index contributed by atoms with van der Waals surface area (Å²) in [5.74, 6) is 0.229. The van der Waals surface area contributed by atoms with Crippen LogP contribution in [0.3, 0.4) is 0 Å². The van der Waals surface area contributed by atoms with E-state index in [-0.39, 0.29) is 5.02 Å². The Morgan fingerprint density at radius 3 is 3.05 bits per heavy atom. The summed E-state index contributed by atoms with van der Waals surface area (Å²) in [5.41, 5.74) is 2.60. The van der Waals surface area contributed by atoms with Gasteiger partial charge in [0.1, 0.15) is 18.0 Å². The van der Waals surface area contributed by atoms with Gasteiger partial charge in [-0.2, -0.15) is 0 Å². The van der Waals surface area contributed by atoms with E-state index < -0.39 is 5.82 Å². The van der Waals surface area contributed by atoms with Crippen molar-refractivity contribution in [1.82, 2.24) is 9.97 Å². The molecule has 0 radical (unpaired) electrons. The third-order valence-corrected chi connectivity index (χ3v) is 3.24. The fourth-order valence-electron chi connectivity index (χ4n) is 1.98. The second-order valence-corrected chi connectivity index (χ2v) is 4.61. The van der Waals surface area contributed by atoms with Crippen LogP contribution in [-0.4, -0.2) is 16.6 Å². The number of hydrogen-bond acceptors (Lipinski definition) is 4. The number of rotatable bonds is 2. The molecule has 1 aliphatic heterocycles. The van der Waals surface area contributed by atoms with Crippen LogP contribution in [0.2, 0.25) is 5.02 Å². The molecule has 2 aromatic rings. The SMILES string of the molecule is Fc1ccc(Nc2ncnc3c2COCC3)cc1Cl. The lowest BCUT2D eigenvalue weighted by Crippen LogP contribution is -2.14. The van der Waals surface area contributed by atoms with E-state index in [4.69, 9.17) is 16.3 Å². The van der Waals surface area contributed by atoms with Crippen LogP contribution in [-0.2, 0) is 17.8 Å². The molecule has 0 unspecified atom stereocenters. The molecule has 0 atom stereocenters. The minimum absolute atomic E-state index is 0.0733. The first-order valence-electron chi connectivity index (χ1n) is 5.86. The minimum atomic E-state index is -0.444. The van der Waals surface area contributed by atoms with E-state index in [1.807, 2.05) is 0 Å². The van der Waals surface area contributed by atoms with Gasteiger partial charge in [-0.1, -0.05) is 11.6 Å². The van der Waals surface area contributed by atoms with E-state index in [2.05, 4.69) is 15.3 Å². The lowest BCUT2D eigenvalue weighted by Gasteiger charge is -2.18. The number of anilines is 2. The zero-order valence-electron chi connectivity index (χ0n) is 9.99. The molecular weight excluding hydrogens is 269 g/mol. The van der Waals surface area contributed by atoms with Crippen LogP contribution in [0.1, 0.15) is 11.3 Å². The van der Waals surface area contributed by atoms with Crippen LogP contribution >= 0.6 is 11.6 Å². The van der Waals surface area contributed by atoms with Crippen molar-refractivity contribution in [3.63, 3.8) is 0 Å². The highest BCUT2D eigenvalue weighted by molar-refractivity contribution is 6.31. The summed E-state index contributed by atoms with van der Waals surface area (Å²) in [5, 5.41) is 3.19. The molecule has 0 amide bonds. The van der Waals surface area contributed by atoms with E-state index in [1.165, 1.54) is 18.5 Å². The van der Waals surface area contributed by atoms with Gasteiger partial charge in [0, 0.05) is 17.7 Å². The van der Waals surface area contributed by atoms with Gasteiger partial charge in [-0.3, -0.25) is 0 Å². The molecule has 0 saturated carbocycles. The Morgan fingerprint density at radius 2 is 2.21 bits per heavy atom. The summed E-state index contributed by atoms with van der Waals surface area (Å²) >= 11 is 5.75.